The summed E-state index contributed by atoms with van der Waals surface area (Å²) in [5, 5.41) is 9.53. The summed E-state index contributed by atoms with van der Waals surface area (Å²) < 4.78 is 34.4. The molecule has 0 aromatic heterocycles. The first-order valence-electron chi connectivity index (χ1n) is 10.4. The highest BCUT2D eigenvalue weighted by atomic mass is 16.5. The maximum atomic E-state index is 9.53. The molecule has 1 N–H and O–H groups in total. The predicted octanol–water partition coefficient (Wildman–Crippen LogP) is -0.922. The molecule has 1 atom stereocenters. The molecule has 3 aliphatic rings. The van der Waals surface area contributed by atoms with Crippen LogP contribution in [0.5, 0.6) is 0 Å². The van der Waals surface area contributed by atoms with Gasteiger partial charge in [-0.25, -0.2) is 0 Å². The summed E-state index contributed by atoms with van der Waals surface area (Å²) in [4.78, 5) is 4.52. The largest absolute Gasteiger partial charge is 0.394 e. The fraction of sp³-hybridized carbons (Fsp3) is 1.00. The van der Waals surface area contributed by atoms with Gasteiger partial charge in [0.1, 0.15) is 6.10 Å². The molecule has 3 aliphatic heterocycles. The standard InChI is InChI=1S/C19H38N2O7/c22-17-19-18-27-11-5-20-1-7-23-13-15-25-9-3-21(6-12-28-19)4-10-26-16-14-24-8-2-20/h19,22H,1-18H2. The molecule has 0 aromatic carbocycles. The van der Waals surface area contributed by atoms with E-state index in [4.69, 9.17) is 28.4 Å². The fourth-order valence-corrected chi connectivity index (χ4v) is 3.00. The van der Waals surface area contributed by atoms with E-state index in [9.17, 15) is 5.11 Å². The highest BCUT2D eigenvalue weighted by Gasteiger charge is 2.12. The Bertz CT molecular complexity index is 345. The lowest BCUT2D eigenvalue weighted by Gasteiger charge is -2.25. The van der Waals surface area contributed by atoms with Crippen LogP contribution < -0.4 is 0 Å². The monoisotopic (exact) mass is 406 g/mol. The molecule has 3 rings (SSSR count). The molecular formula is C19H38N2O7. The molecule has 0 aliphatic carbocycles. The summed E-state index contributed by atoms with van der Waals surface area (Å²) in [6.07, 6.45) is -0.299. The molecule has 0 spiro atoms. The first kappa shape index (κ1) is 23.9. The van der Waals surface area contributed by atoms with Gasteiger partial charge in [0.2, 0.25) is 0 Å². The van der Waals surface area contributed by atoms with Gasteiger partial charge in [0, 0.05) is 39.3 Å². The van der Waals surface area contributed by atoms with E-state index >= 15 is 0 Å². The second kappa shape index (κ2) is 16.4. The van der Waals surface area contributed by atoms with E-state index in [-0.39, 0.29) is 12.7 Å². The van der Waals surface area contributed by atoms with Gasteiger partial charge in [0.05, 0.1) is 79.3 Å². The maximum absolute atomic E-state index is 9.53. The number of fused-ring (bicyclic) bond motifs is 21. The topological polar surface area (TPSA) is 82.1 Å². The van der Waals surface area contributed by atoms with Gasteiger partial charge >= 0.3 is 0 Å². The third-order valence-electron chi connectivity index (χ3n) is 4.77. The van der Waals surface area contributed by atoms with Crippen LogP contribution in [-0.4, -0.2) is 140 Å². The summed E-state index contributed by atoms with van der Waals surface area (Å²) in [5.74, 6) is 0. The Hall–Kier alpha value is -0.360. The normalized spacial score (nSPS) is 31.8. The van der Waals surface area contributed by atoms with Crippen molar-refractivity contribution < 1.29 is 33.5 Å². The Labute approximate surface area is 168 Å². The molecular weight excluding hydrogens is 368 g/mol. The van der Waals surface area contributed by atoms with Gasteiger partial charge in [-0.2, -0.15) is 0 Å². The van der Waals surface area contributed by atoms with Crippen LogP contribution in [0.1, 0.15) is 0 Å². The third-order valence-corrected chi connectivity index (χ3v) is 4.77. The van der Waals surface area contributed by atoms with E-state index in [2.05, 4.69) is 9.80 Å². The van der Waals surface area contributed by atoms with E-state index < -0.39 is 0 Å². The lowest BCUT2D eigenvalue weighted by atomic mass is 10.4. The van der Waals surface area contributed by atoms with Crippen LogP contribution in [0.4, 0.5) is 0 Å². The van der Waals surface area contributed by atoms with Crippen LogP contribution in [0.2, 0.25) is 0 Å². The second-order valence-electron chi connectivity index (χ2n) is 6.88. The smallest absolute Gasteiger partial charge is 0.104 e. The number of ether oxygens (including phenoxy) is 6. The lowest BCUT2D eigenvalue weighted by Crippen LogP contribution is -2.37. The molecule has 2 bridgehead atoms. The van der Waals surface area contributed by atoms with E-state index in [1.54, 1.807) is 0 Å². The Balaban J connectivity index is 1.94. The zero-order valence-electron chi connectivity index (χ0n) is 17.1. The van der Waals surface area contributed by atoms with Crippen molar-refractivity contribution in [3.05, 3.63) is 0 Å². The maximum Gasteiger partial charge on any atom is 0.104 e. The molecule has 1 unspecified atom stereocenters. The highest BCUT2D eigenvalue weighted by Crippen LogP contribution is 1.99. The van der Waals surface area contributed by atoms with E-state index in [1.807, 2.05) is 0 Å². The number of hydrogen-bond acceptors (Lipinski definition) is 9. The lowest BCUT2D eigenvalue weighted by molar-refractivity contribution is -0.0564. The van der Waals surface area contributed by atoms with Crippen molar-refractivity contribution in [2.45, 2.75) is 6.10 Å². The van der Waals surface area contributed by atoms with Crippen molar-refractivity contribution in [3.8, 4) is 0 Å². The van der Waals surface area contributed by atoms with Gasteiger partial charge in [0.25, 0.3) is 0 Å². The summed E-state index contributed by atoms with van der Waals surface area (Å²) in [6, 6.07) is 0. The van der Waals surface area contributed by atoms with Crippen LogP contribution >= 0.6 is 0 Å². The predicted molar refractivity (Wildman–Crippen MR) is 104 cm³/mol. The van der Waals surface area contributed by atoms with Crippen molar-refractivity contribution in [1.29, 1.82) is 0 Å². The number of nitrogens with zero attached hydrogens (tertiary/aromatic N) is 2. The first-order valence-corrected chi connectivity index (χ1v) is 10.4. The van der Waals surface area contributed by atoms with Crippen molar-refractivity contribution in [1.82, 2.24) is 9.80 Å². The van der Waals surface area contributed by atoms with Crippen molar-refractivity contribution in [2.24, 2.45) is 0 Å². The molecule has 0 saturated carbocycles. The van der Waals surface area contributed by atoms with Crippen LogP contribution in [0, 0.1) is 0 Å². The molecule has 3 heterocycles. The summed E-state index contributed by atoms with van der Waals surface area (Å²) >= 11 is 0. The van der Waals surface area contributed by atoms with Crippen LogP contribution in [0.25, 0.3) is 0 Å². The number of aliphatic hydroxyl groups excluding tert-OH is 1. The van der Waals surface area contributed by atoms with Gasteiger partial charge in [-0.05, 0) is 0 Å². The molecule has 0 aromatic rings. The van der Waals surface area contributed by atoms with Gasteiger partial charge < -0.3 is 33.5 Å². The van der Waals surface area contributed by atoms with Crippen molar-refractivity contribution in [2.75, 3.05) is 119 Å². The molecule has 3 fully saturated rings. The first-order chi connectivity index (χ1) is 13.9. The minimum absolute atomic E-state index is 0.0440. The van der Waals surface area contributed by atoms with E-state index in [0.717, 1.165) is 39.3 Å². The van der Waals surface area contributed by atoms with Crippen molar-refractivity contribution >= 4 is 0 Å². The van der Waals surface area contributed by atoms with E-state index in [1.165, 1.54) is 0 Å². The summed E-state index contributed by atoms with van der Waals surface area (Å²) in [7, 11) is 0. The molecule has 0 amide bonds. The molecule has 3 saturated heterocycles. The SMILES string of the molecule is OCC1COCCN2CCOCCOCCN(CCOCCOCC2)CCO1. The zero-order chi connectivity index (χ0) is 19.7. The molecule has 0 radical (unpaired) electrons. The fourth-order valence-electron chi connectivity index (χ4n) is 3.00. The summed E-state index contributed by atoms with van der Waals surface area (Å²) in [6.45, 7) is 11.2. The number of hydrogen-bond donors (Lipinski definition) is 1. The summed E-state index contributed by atoms with van der Waals surface area (Å²) in [5.41, 5.74) is 0. The number of aliphatic hydroxyl groups is 1. The minimum atomic E-state index is -0.299. The van der Waals surface area contributed by atoms with Crippen molar-refractivity contribution in [3.63, 3.8) is 0 Å². The Morgan fingerprint density at radius 1 is 0.536 bits per heavy atom. The Kier molecular flexibility index (Phi) is 14.0. The van der Waals surface area contributed by atoms with Gasteiger partial charge in [-0.15, -0.1) is 0 Å². The molecule has 9 nitrogen and oxygen atoms in total. The van der Waals surface area contributed by atoms with E-state index in [0.29, 0.717) is 72.7 Å². The average Bonchev–Trinajstić information content (AvgIpc) is 2.70. The number of rotatable bonds is 1. The Morgan fingerprint density at radius 2 is 0.929 bits per heavy atom. The van der Waals surface area contributed by atoms with Gasteiger partial charge in [-0.1, -0.05) is 0 Å². The Morgan fingerprint density at radius 3 is 1.36 bits per heavy atom. The molecule has 9 heteroatoms. The zero-order valence-corrected chi connectivity index (χ0v) is 17.1. The third kappa shape index (κ3) is 11.6. The second-order valence-corrected chi connectivity index (χ2v) is 6.88. The van der Waals surface area contributed by atoms with Crippen LogP contribution in [0.15, 0.2) is 0 Å². The molecule has 166 valence electrons. The quantitative estimate of drug-likeness (QED) is 0.594. The average molecular weight is 407 g/mol. The highest BCUT2D eigenvalue weighted by molar-refractivity contribution is 4.62. The van der Waals surface area contributed by atoms with Crippen LogP contribution in [-0.2, 0) is 28.4 Å². The molecule has 28 heavy (non-hydrogen) atoms. The van der Waals surface area contributed by atoms with Crippen LogP contribution in [0.3, 0.4) is 0 Å². The minimum Gasteiger partial charge on any atom is -0.394 e. The van der Waals surface area contributed by atoms with Gasteiger partial charge in [-0.3, -0.25) is 9.80 Å². The van der Waals surface area contributed by atoms with Gasteiger partial charge in [0.15, 0.2) is 0 Å².